The average Bonchev–Trinajstić information content (AvgIpc) is 2.34. The second kappa shape index (κ2) is 2.96. The maximum Gasteiger partial charge on any atom is 0.170 e. The molecule has 1 aromatic rings. The van der Waals surface area contributed by atoms with Crippen LogP contribution < -0.4 is 0 Å². The van der Waals surface area contributed by atoms with Crippen LogP contribution in [0.5, 0.6) is 0 Å². The number of nitrogens with zero attached hydrogens (tertiary/aromatic N) is 1. The highest BCUT2D eigenvalue weighted by atomic mass is 32.2. The second-order valence-corrected chi connectivity index (χ2v) is 3.60. The quantitative estimate of drug-likeness (QED) is 0.649. The molecule has 1 rings (SSSR count). The summed E-state index contributed by atoms with van der Waals surface area (Å²) in [5.74, 6) is 1.29. The fraction of sp³-hybridized carbons (Fsp3) is 0.500. The van der Waals surface area contributed by atoms with Gasteiger partial charge in [0, 0.05) is 11.8 Å². The zero-order chi connectivity index (χ0) is 7.56. The van der Waals surface area contributed by atoms with Gasteiger partial charge in [0.15, 0.2) is 5.03 Å². The zero-order valence-corrected chi connectivity index (χ0v) is 6.77. The molecule has 0 fully saturated rings. The van der Waals surface area contributed by atoms with Crippen LogP contribution in [0.15, 0.2) is 15.6 Å². The van der Waals surface area contributed by atoms with Crippen molar-refractivity contribution >= 4 is 10.8 Å². The third kappa shape index (κ3) is 1.44. The van der Waals surface area contributed by atoms with Gasteiger partial charge in [-0.15, -0.1) is 0 Å². The van der Waals surface area contributed by atoms with Crippen LogP contribution in [-0.4, -0.2) is 15.1 Å². The van der Waals surface area contributed by atoms with E-state index in [9.17, 15) is 4.21 Å². The van der Waals surface area contributed by atoms with Crippen molar-refractivity contribution in [2.24, 2.45) is 0 Å². The molecule has 0 radical (unpaired) electrons. The summed E-state index contributed by atoms with van der Waals surface area (Å²) in [6.45, 7) is 3.63. The molecule has 0 saturated heterocycles. The molecule has 0 aliphatic heterocycles. The van der Waals surface area contributed by atoms with E-state index < -0.39 is 10.8 Å². The number of hydrogen-bond donors (Lipinski definition) is 0. The number of aryl methyl sites for hydroxylation is 1. The molecule has 3 nitrogen and oxygen atoms in total. The van der Waals surface area contributed by atoms with Crippen molar-refractivity contribution in [3.63, 3.8) is 0 Å². The van der Waals surface area contributed by atoms with Crippen molar-refractivity contribution in [3.05, 3.63) is 11.8 Å². The zero-order valence-electron chi connectivity index (χ0n) is 5.96. The minimum atomic E-state index is -0.974. The van der Waals surface area contributed by atoms with Crippen LogP contribution in [0.1, 0.15) is 12.7 Å². The van der Waals surface area contributed by atoms with Gasteiger partial charge in [-0.2, -0.15) is 0 Å². The Morgan fingerprint density at radius 3 is 2.90 bits per heavy atom. The van der Waals surface area contributed by atoms with E-state index in [-0.39, 0.29) is 0 Å². The second-order valence-electron chi connectivity index (χ2n) is 1.91. The van der Waals surface area contributed by atoms with Gasteiger partial charge in [0.1, 0.15) is 5.76 Å². The Morgan fingerprint density at radius 2 is 2.50 bits per heavy atom. The molecule has 1 aromatic heterocycles. The van der Waals surface area contributed by atoms with Crippen LogP contribution in [0.3, 0.4) is 0 Å². The third-order valence-electron chi connectivity index (χ3n) is 1.10. The molecule has 1 atom stereocenters. The fourth-order valence-corrected chi connectivity index (χ4v) is 1.31. The van der Waals surface area contributed by atoms with Crippen molar-refractivity contribution < 1.29 is 8.73 Å². The highest BCUT2D eigenvalue weighted by molar-refractivity contribution is 7.84. The van der Waals surface area contributed by atoms with Gasteiger partial charge < -0.3 is 4.52 Å². The predicted octanol–water partition coefficient (Wildman–Crippen LogP) is 1.11. The van der Waals surface area contributed by atoms with Gasteiger partial charge in [-0.25, -0.2) is 0 Å². The predicted molar refractivity (Wildman–Crippen MR) is 38.2 cm³/mol. The Hall–Kier alpha value is -0.640. The van der Waals surface area contributed by atoms with Crippen molar-refractivity contribution in [1.82, 2.24) is 5.16 Å². The van der Waals surface area contributed by atoms with Gasteiger partial charge in [-0.1, -0.05) is 12.1 Å². The smallest absolute Gasteiger partial charge is 0.170 e. The van der Waals surface area contributed by atoms with Gasteiger partial charge >= 0.3 is 0 Å². The molecular formula is C6H9NO2S. The van der Waals surface area contributed by atoms with Gasteiger partial charge in [0.25, 0.3) is 0 Å². The van der Waals surface area contributed by atoms with E-state index in [2.05, 4.69) is 5.16 Å². The Morgan fingerprint density at radius 1 is 1.80 bits per heavy atom. The van der Waals surface area contributed by atoms with E-state index >= 15 is 0 Å². The van der Waals surface area contributed by atoms with Crippen LogP contribution in [0.25, 0.3) is 0 Å². The normalized spacial score (nSPS) is 13.4. The summed E-state index contributed by atoms with van der Waals surface area (Å²) in [5.41, 5.74) is 0. The molecular weight excluding hydrogens is 150 g/mol. The molecule has 56 valence electrons. The van der Waals surface area contributed by atoms with Gasteiger partial charge in [0.2, 0.25) is 0 Å². The Kier molecular flexibility index (Phi) is 2.21. The molecule has 0 saturated carbocycles. The van der Waals surface area contributed by atoms with E-state index in [1.54, 1.807) is 13.0 Å². The van der Waals surface area contributed by atoms with Crippen LogP contribution >= 0.6 is 0 Å². The minimum absolute atomic E-state index is 0.542. The summed E-state index contributed by atoms with van der Waals surface area (Å²) in [4.78, 5) is 0. The Bertz CT molecular complexity index is 244. The van der Waals surface area contributed by atoms with Crippen LogP contribution in [0.4, 0.5) is 0 Å². The van der Waals surface area contributed by atoms with Crippen LogP contribution in [0.2, 0.25) is 0 Å². The number of rotatable bonds is 2. The third-order valence-corrected chi connectivity index (χ3v) is 2.29. The van der Waals surface area contributed by atoms with E-state index in [4.69, 9.17) is 4.52 Å². The standard InChI is InChI=1S/C6H9NO2S/c1-3-10(8)6-4-5(2)9-7-6/h4H,3H2,1-2H3. The van der Waals surface area contributed by atoms with E-state index in [0.29, 0.717) is 16.5 Å². The first-order valence-electron chi connectivity index (χ1n) is 3.05. The van der Waals surface area contributed by atoms with Crippen molar-refractivity contribution in [2.75, 3.05) is 5.75 Å². The van der Waals surface area contributed by atoms with Crippen molar-refractivity contribution in [2.45, 2.75) is 18.9 Å². The molecule has 0 amide bonds. The monoisotopic (exact) mass is 159 g/mol. The summed E-state index contributed by atoms with van der Waals surface area (Å²) in [7, 11) is -0.974. The van der Waals surface area contributed by atoms with Crippen molar-refractivity contribution in [3.8, 4) is 0 Å². The molecule has 4 heteroatoms. The summed E-state index contributed by atoms with van der Waals surface area (Å²) in [5, 5.41) is 4.15. The first-order valence-corrected chi connectivity index (χ1v) is 4.37. The Balaban J connectivity index is 2.85. The molecule has 1 heterocycles. The van der Waals surface area contributed by atoms with Crippen molar-refractivity contribution in [1.29, 1.82) is 0 Å². The summed E-state index contributed by atoms with van der Waals surface area (Å²) >= 11 is 0. The lowest BCUT2D eigenvalue weighted by Crippen LogP contribution is -1.92. The van der Waals surface area contributed by atoms with Gasteiger partial charge in [0.05, 0.1) is 10.8 Å². The van der Waals surface area contributed by atoms with Gasteiger partial charge in [-0.05, 0) is 6.92 Å². The van der Waals surface area contributed by atoms with E-state index in [1.807, 2.05) is 6.92 Å². The lowest BCUT2D eigenvalue weighted by atomic mass is 10.5. The number of hydrogen-bond acceptors (Lipinski definition) is 3. The number of aromatic nitrogens is 1. The molecule has 0 bridgehead atoms. The molecule has 0 aromatic carbocycles. The molecule has 0 N–H and O–H groups in total. The highest BCUT2D eigenvalue weighted by Gasteiger charge is 2.05. The maximum atomic E-state index is 11.0. The fourth-order valence-electron chi connectivity index (χ4n) is 0.599. The lowest BCUT2D eigenvalue weighted by Gasteiger charge is -1.85. The first kappa shape index (κ1) is 7.47. The largest absolute Gasteiger partial charge is 0.360 e. The van der Waals surface area contributed by atoms with Gasteiger partial charge in [-0.3, -0.25) is 4.21 Å². The average molecular weight is 159 g/mol. The summed E-state index contributed by atoms with van der Waals surface area (Å²) in [6.07, 6.45) is 0. The first-order chi connectivity index (χ1) is 4.74. The molecule has 0 spiro atoms. The van der Waals surface area contributed by atoms with Crippen LogP contribution in [0, 0.1) is 6.92 Å². The topological polar surface area (TPSA) is 43.1 Å². The van der Waals surface area contributed by atoms with E-state index in [1.165, 1.54) is 0 Å². The molecule has 0 aliphatic carbocycles. The minimum Gasteiger partial charge on any atom is -0.360 e. The van der Waals surface area contributed by atoms with E-state index in [0.717, 1.165) is 0 Å². The Labute approximate surface area is 61.9 Å². The highest BCUT2D eigenvalue weighted by Crippen LogP contribution is 2.05. The lowest BCUT2D eigenvalue weighted by molar-refractivity contribution is 0.382. The molecule has 10 heavy (non-hydrogen) atoms. The summed E-state index contributed by atoms with van der Waals surface area (Å²) < 4.78 is 15.8. The molecule has 1 unspecified atom stereocenters. The SMILES string of the molecule is CCS(=O)c1cc(C)on1. The summed E-state index contributed by atoms with van der Waals surface area (Å²) in [6, 6.07) is 1.69. The molecule has 0 aliphatic rings. The van der Waals surface area contributed by atoms with Crippen LogP contribution in [-0.2, 0) is 10.8 Å². The maximum absolute atomic E-state index is 11.0.